The summed E-state index contributed by atoms with van der Waals surface area (Å²) in [6.45, 7) is 4.23. The third kappa shape index (κ3) is 4.06. The fraction of sp³-hybridized carbons (Fsp3) is 0.429. The summed E-state index contributed by atoms with van der Waals surface area (Å²) < 4.78 is 10.2. The highest BCUT2D eigenvalue weighted by molar-refractivity contribution is 5.27. The van der Waals surface area contributed by atoms with E-state index in [2.05, 4.69) is 27.1 Å². The Morgan fingerprint density at radius 2 is 2.00 bits per heavy atom. The molecule has 1 heterocycles. The number of hydrogen-bond donors (Lipinski definition) is 1. The van der Waals surface area contributed by atoms with Crippen molar-refractivity contribution in [2.75, 3.05) is 0 Å². The molecule has 5 heteroatoms. The average Bonchev–Trinajstić information content (AvgIpc) is 2.81. The van der Waals surface area contributed by atoms with Crippen molar-refractivity contribution < 1.29 is 9.37 Å². The molecule has 1 unspecified atom stereocenters. The minimum atomic E-state index is 0.235. The van der Waals surface area contributed by atoms with Crippen LogP contribution in [0.5, 0.6) is 5.75 Å². The van der Waals surface area contributed by atoms with Gasteiger partial charge in [0.1, 0.15) is 23.7 Å². The van der Waals surface area contributed by atoms with Crippen molar-refractivity contribution in [1.82, 2.24) is 10.3 Å². The molecular formula is C14H19N3O2. The second-order valence-corrected chi connectivity index (χ2v) is 4.74. The zero-order valence-electron chi connectivity index (χ0n) is 11.3. The molecule has 0 radical (unpaired) electrons. The van der Waals surface area contributed by atoms with Gasteiger partial charge in [0.15, 0.2) is 0 Å². The van der Waals surface area contributed by atoms with E-state index in [4.69, 9.17) is 10.5 Å². The summed E-state index contributed by atoms with van der Waals surface area (Å²) in [4.78, 5) is 0. The Balaban J connectivity index is 1.86. The van der Waals surface area contributed by atoms with Gasteiger partial charge in [-0.1, -0.05) is 22.4 Å². The fourth-order valence-corrected chi connectivity index (χ4v) is 1.68. The van der Waals surface area contributed by atoms with Crippen molar-refractivity contribution in [1.29, 1.82) is 0 Å². The normalized spacial score (nSPS) is 12.4. The Labute approximate surface area is 112 Å². The zero-order chi connectivity index (χ0) is 13.7. The van der Waals surface area contributed by atoms with Crippen molar-refractivity contribution in [3.8, 4) is 5.75 Å². The number of benzene rings is 1. The van der Waals surface area contributed by atoms with Crippen LogP contribution in [0, 0.1) is 6.92 Å². The minimum absolute atomic E-state index is 0.235. The first-order chi connectivity index (χ1) is 9.15. The van der Waals surface area contributed by atoms with Crippen LogP contribution in [0.1, 0.15) is 30.3 Å². The molecule has 0 bridgehead atoms. The molecule has 0 aliphatic heterocycles. The molecule has 0 aliphatic carbocycles. The molecule has 2 N–H and O–H groups in total. The third-order valence-electron chi connectivity index (χ3n) is 2.93. The van der Waals surface area contributed by atoms with E-state index in [1.165, 1.54) is 5.56 Å². The van der Waals surface area contributed by atoms with E-state index in [1.54, 1.807) is 0 Å². The maximum Gasteiger partial charge on any atom is 0.145 e. The van der Waals surface area contributed by atoms with Crippen molar-refractivity contribution >= 4 is 0 Å². The number of aromatic nitrogens is 2. The lowest BCUT2D eigenvalue weighted by molar-refractivity contribution is 0.270. The van der Waals surface area contributed by atoms with Crippen molar-refractivity contribution in [2.24, 2.45) is 5.73 Å². The van der Waals surface area contributed by atoms with Gasteiger partial charge in [0, 0.05) is 6.04 Å². The summed E-state index contributed by atoms with van der Waals surface area (Å²) in [5, 5.41) is 7.48. The van der Waals surface area contributed by atoms with Gasteiger partial charge in [-0.25, -0.2) is 4.63 Å². The van der Waals surface area contributed by atoms with E-state index < -0.39 is 0 Å². The Hall–Kier alpha value is -1.88. The van der Waals surface area contributed by atoms with Crippen LogP contribution in [0.4, 0.5) is 0 Å². The van der Waals surface area contributed by atoms with Crippen LogP contribution >= 0.6 is 0 Å². The molecule has 1 atom stereocenters. The van der Waals surface area contributed by atoms with Gasteiger partial charge in [0.05, 0.1) is 0 Å². The lowest BCUT2D eigenvalue weighted by Gasteiger charge is -2.07. The van der Waals surface area contributed by atoms with Crippen LogP contribution in [-0.2, 0) is 13.0 Å². The van der Waals surface area contributed by atoms with E-state index in [0.717, 1.165) is 30.0 Å². The number of hydrogen-bond acceptors (Lipinski definition) is 5. The van der Waals surface area contributed by atoms with E-state index >= 15 is 0 Å². The highest BCUT2D eigenvalue weighted by atomic mass is 16.6. The van der Waals surface area contributed by atoms with Gasteiger partial charge in [-0.2, -0.15) is 0 Å². The van der Waals surface area contributed by atoms with Gasteiger partial charge < -0.3 is 10.5 Å². The lowest BCUT2D eigenvalue weighted by Crippen LogP contribution is -2.15. The summed E-state index contributed by atoms with van der Waals surface area (Å²) in [6.07, 6.45) is 1.98. The maximum absolute atomic E-state index is 5.74. The van der Waals surface area contributed by atoms with Crippen LogP contribution in [0.3, 0.4) is 0 Å². The highest BCUT2D eigenvalue weighted by Gasteiger charge is 2.05. The number of aryl methyl sites for hydroxylation is 2. The quantitative estimate of drug-likeness (QED) is 0.863. The molecule has 2 rings (SSSR count). The predicted octanol–water partition coefficient (Wildman–Crippen LogP) is 2.24. The van der Waals surface area contributed by atoms with E-state index in [1.807, 2.05) is 26.0 Å². The van der Waals surface area contributed by atoms with Crippen LogP contribution in [0.25, 0.3) is 0 Å². The highest BCUT2D eigenvalue weighted by Crippen LogP contribution is 2.15. The monoisotopic (exact) mass is 261 g/mol. The first kappa shape index (κ1) is 13.5. The smallest absolute Gasteiger partial charge is 0.145 e. The summed E-state index contributed by atoms with van der Waals surface area (Å²) >= 11 is 0. The Morgan fingerprint density at radius 3 is 2.58 bits per heavy atom. The first-order valence-electron chi connectivity index (χ1n) is 6.40. The van der Waals surface area contributed by atoms with Crippen LogP contribution in [-0.4, -0.2) is 16.4 Å². The van der Waals surface area contributed by atoms with E-state index in [-0.39, 0.29) is 6.04 Å². The number of nitrogens with two attached hydrogens (primary N) is 1. The number of ether oxygens (including phenoxy) is 1. The second kappa shape index (κ2) is 6.33. The van der Waals surface area contributed by atoms with Crippen LogP contribution in [0.2, 0.25) is 0 Å². The standard InChI is InChI=1S/C14H19N3O2/c1-10(15)3-4-12-5-7-13(8-6-12)18-9-14-11(2)16-19-17-14/h5-8,10H,3-4,9,15H2,1-2H3. The molecular weight excluding hydrogens is 242 g/mol. The predicted molar refractivity (Wildman–Crippen MR) is 71.8 cm³/mol. The lowest BCUT2D eigenvalue weighted by atomic mass is 10.1. The molecule has 0 amide bonds. The van der Waals surface area contributed by atoms with Gasteiger partial charge in [0.2, 0.25) is 0 Å². The van der Waals surface area contributed by atoms with Gasteiger partial charge in [-0.05, 0) is 44.4 Å². The molecule has 2 aromatic rings. The third-order valence-corrected chi connectivity index (χ3v) is 2.93. The molecule has 5 nitrogen and oxygen atoms in total. The molecule has 1 aromatic heterocycles. The summed E-state index contributed by atoms with van der Waals surface area (Å²) in [5.41, 5.74) is 8.49. The number of nitrogens with zero attached hydrogens (tertiary/aromatic N) is 2. The summed E-state index contributed by atoms with van der Waals surface area (Å²) in [6, 6.07) is 8.27. The zero-order valence-corrected chi connectivity index (χ0v) is 11.3. The molecule has 102 valence electrons. The summed E-state index contributed by atoms with van der Waals surface area (Å²) in [7, 11) is 0. The Morgan fingerprint density at radius 1 is 1.26 bits per heavy atom. The molecule has 0 saturated heterocycles. The average molecular weight is 261 g/mol. The molecule has 0 aliphatic rings. The largest absolute Gasteiger partial charge is 0.487 e. The molecule has 1 aromatic carbocycles. The van der Waals surface area contributed by atoms with Crippen molar-refractivity contribution in [3.05, 3.63) is 41.2 Å². The van der Waals surface area contributed by atoms with Gasteiger partial charge in [-0.15, -0.1) is 0 Å². The van der Waals surface area contributed by atoms with Gasteiger partial charge >= 0.3 is 0 Å². The molecule has 0 fully saturated rings. The molecule has 0 spiro atoms. The molecule has 0 saturated carbocycles. The van der Waals surface area contributed by atoms with Gasteiger partial charge in [0.25, 0.3) is 0 Å². The summed E-state index contributed by atoms with van der Waals surface area (Å²) in [5.74, 6) is 0.812. The van der Waals surface area contributed by atoms with Crippen molar-refractivity contribution in [3.63, 3.8) is 0 Å². The van der Waals surface area contributed by atoms with Crippen molar-refractivity contribution in [2.45, 2.75) is 39.3 Å². The fourth-order valence-electron chi connectivity index (χ4n) is 1.68. The number of rotatable bonds is 6. The Kier molecular flexibility index (Phi) is 4.52. The molecule has 19 heavy (non-hydrogen) atoms. The minimum Gasteiger partial charge on any atom is -0.487 e. The maximum atomic E-state index is 5.74. The topological polar surface area (TPSA) is 74.2 Å². The first-order valence-corrected chi connectivity index (χ1v) is 6.40. The van der Waals surface area contributed by atoms with Crippen LogP contribution in [0.15, 0.2) is 28.9 Å². The van der Waals surface area contributed by atoms with E-state index in [9.17, 15) is 0 Å². The second-order valence-electron chi connectivity index (χ2n) is 4.74. The Bertz CT molecular complexity index is 506. The SMILES string of the molecule is Cc1nonc1COc1ccc(CCC(C)N)cc1. The van der Waals surface area contributed by atoms with E-state index in [0.29, 0.717) is 6.61 Å². The van der Waals surface area contributed by atoms with Crippen LogP contribution < -0.4 is 10.5 Å². The van der Waals surface area contributed by atoms with Gasteiger partial charge in [-0.3, -0.25) is 0 Å².